The maximum absolute atomic E-state index is 8.05. The van der Waals surface area contributed by atoms with Crippen LogP contribution in [0.4, 0.5) is 0 Å². The van der Waals surface area contributed by atoms with Crippen molar-refractivity contribution in [2.75, 3.05) is 0 Å². The first-order valence-electron chi connectivity index (χ1n) is 7.16. The number of allylic oxidation sites excluding steroid dienone is 1. The van der Waals surface area contributed by atoms with Crippen molar-refractivity contribution in [1.82, 2.24) is 0 Å². The van der Waals surface area contributed by atoms with Gasteiger partial charge in [0, 0.05) is 13.3 Å². The van der Waals surface area contributed by atoms with Gasteiger partial charge in [-0.3, -0.25) is 4.99 Å². The highest BCUT2D eigenvalue weighted by molar-refractivity contribution is 6.01. The summed E-state index contributed by atoms with van der Waals surface area (Å²) >= 11 is 0. The van der Waals surface area contributed by atoms with E-state index < -0.39 is 6.40 Å². The molecule has 0 saturated heterocycles. The van der Waals surface area contributed by atoms with Crippen molar-refractivity contribution in [2.45, 2.75) is 13.3 Å². The van der Waals surface area contributed by atoms with Gasteiger partial charge in [0.25, 0.3) is 0 Å². The lowest BCUT2D eigenvalue weighted by Crippen LogP contribution is -2.08. The summed E-state index contributed by atoms with van der Waals surface area (Å²) in [5, 5.41) is 0. The zero-order valence-electron chi connectivity index (χ0n) is 13.3. The molecule has 1 aliphatic heterocycles. The highest BCUT2D eigenvalue weighted by Crippen LogP contribution is 2.16. The molecule has 13 heavy (non-hydrogen) atoms. The lowest BCUT2D eigenvalue weighted by Gasteiger charge is -2.12. The largest absolute Gasteiger partial charge is 0.261 e. The number of aliphatic imine (C=N–C) groups is 1. The van der Waals surface area contributed by atoms with Gasteiger partial charge >= 0.3 is 0 Å². The van der Waals surface area contributed by atoms with Gasteiger partial charge in [-0.1, -0.05) is 43.2 Å². The van der Waals surface area contributed by atoms with Crippen LogP contribution in [0, 0.1) is 5.92 Å². The fourth-order valence-electron chi connectivity index (χ4n) is 1.13. The van der Waals surface area contributed by atoms with Crippen LogP contribution in [0.5, 0.6) is 0 Å². The molecule has 1 heteroatoms. The van der Waals surface area contributed by atoms with E-state index in [0.29, 0.717) is 0 Å². The number of rotatable bonds is 1. The van der Waals surface area contributed by atoms with Gasteiger partial charge in [-0.15, -0.1) is 0 Å². The molecule has 0 radical (unpaired) electrons. The van der Waals surface area contributed by atoms with Gasteiger partial charge in [-0.05, 0) is 17.9 Å². The van der Waals surface area contributed by atoms with Crippen molar-refractivity contribution in [3.8, 4) is 0 Å². The SMILES string of the molecule is [2H]C1=CN=C(c2cc([2H])c([2H])c([2H])c2[2H])C([2H])C1C. The second kappa shape index (κ2) is 3.56. The van der Waals surface area contributed by atoms with E-state index in [1.54, 1.807) is 6.92 Å². The predicted octanol–water partition coefficient (Wildman–Crippen LogP) is 3.03. The molecule has 66 valence electrons. The van der Waals surface area contributed by atoms with Gasteiger partial charge in [0.1, 0.15) is 0 Å². The maximum Gasteiger partial charge on any atom is 0.0630 e. The molecule has 1 aliphatic rings. The molecule has 0 spiro atoms. The summed E-state index contributed by atoms with van der Waals surface area (Å²) in [6, 6.07) is 0.593. The Balaban J connectivity index is 2.61. The summed E-state index contributed by atoms with van der Waals surface area (Å²) in [6.07, 6.45) is 0.545. The van der Waals surface area contributed by atoms with Crippen molar-refractivity contribution < 1.29 is 8.22 Å². The lowest BCUT2D eigenvalue weighted by atomic mass is 9.97. The third kappa shape index (κ3) is 1.86. The summed E-state index contributed by atoms with van der Waals surface area (Å²) in [7, 11) is 0. The van der Waals surface area contributed by atoms with Crippen LogP contribution in [0.25, 0.3) is 0 Å². The van der Waals surface area contributed by atoms with E-state index >= 15 is 0 Å². The minimum Gasteiger partial charge on any atom is -0.261 e. The third-order valence-corrected chi connectivity index (χ3v) is 1.77. The number of benzene rings is 1. The van der Waals surface area contributed by atoms with E-state index in [0.717, 1.165) is 0 Å². The molecule has 0 saturated carbocycles. The lowest BCUT2D eigenvalue weighted by molar-refractivity contribution is 0.756. The smallest absolute Gasteiger partial charge is 0.0630 e. The first-order valence-corrected chi connectivity index (χ1v) is 4.09. The minimum absolute atomic E-state index is 0.154. The van der Waals surface area contributed by atoms with E-state index in [1.807, 2.05) is 0 Å². The topological polar surface area (TPSA) is 12.4 Å². The van der Waals surface area contributed by atoms with Crippen LogP contribution in [-0.2, 0) is 0 Å². The Kier molecular flexibility index (Phi) is 1.04. The second-order valence-electron chi connectivity index (χ2n) is 2.84. The van der Waals surface area contributed by atoms with Crippen LogP contribution in [0.2, 0.25) is 0 Å². The van der Waals surface area contributed by atoms with E-state index in [2.05, 4.69) is 4.99 Å². The van der Waals surface area contributed by atoms with Gasteiger partial charge in [0.2, 0.25) is 0 Å². The monoisotopic (exact) mass is 177 g/mol. The normalized spacial score (nSPS) is 34.2. The van der Waals surface area contributed by atoms with Crippen molar-refractivity contribution in [1.29, 1.82) is 0 Å². The van der Waals surface area contributed by atoms with Gasteiger partial charge in [-0.25, -0.2) is 0 Å². The van der Waals surface area contributed by atoms with Crippen molar-refractivity contribution in [3.05, 3.63) is 48.1 Å². The van der Waals surface area contributed by atoms with Crippen molar-refractivity contribution in [2.24, 2.45) is 10.9 Å². The van der Waals surface area contributed by atoms with E-state index in [-0.39, 0.29) is 47.4 Å². The molecule has 0 N–H and O–H groups in total. The van der Waals surface area contributed by atoms with E-state index in [1.165, 1.54) is 12.3 Å². The molecule has 0 fully saturated rings. The van der Waals surface area contributed by atoms with Gasteiger partial charge < -0.3 is 0 Å². The molecule has 1 nitrogen and oxygen atoms in total. The fourth-order valence-corrected chi connectivity index (χ4v) is 1.13. The predicted molar refractivity (Wildman–Crippen MR) is 55.9 cm³/mol. The Morgan fingerprint density at radius 3 is 3.38 bits per heavy atom. The standard InChI is InChI=1S/C12H13N/c1-10-7-8-13-12(9-10)11-5-3-2-4-6-11/h2-8,10H,9H2,1H3/i2D,3D,4D,5D,7D,9D. The maximum atomic E-state index is 8.05. The second-order valence-corrected chi connectivity index (χ2v) is 2.84. The highest BCUT2D eigenvalue weighted by atomic mass is 14.7. The Labute approximate surface area is 87.3 Å². The molecule has 0 aliphatic carbocycles. The van der Waals surface area contributed by atoms with Crippen molar-refractivity contribution in [3.63, 3.8) is 0 Å². The molecule has 1 aromatic rings. The van der Waals surface area contributed by atoms with Crippen LogP contribution in [0.1, 0.15) is 27.1 Å². The van der Waals surface area contributed by atoms with Gasteiger partial charge in [-0.2, -0.15) is 0 Å². The minimum atomic E-state index is -0.794. The van der Waals surface area contributed by atoms with E-state index in [4.69, 9.17) is 8.22 Å². The molecule has 1 aromatic carbocycles. The third-order valence-electron chi connectivity index (χ3n) is 1.77. The Morgan fingerprint density at radius 2 is 2.46 bits per heavy atom. The molecule has 2 unspecified atom stereocenters. The van der Waals surface area contributed by atoms with Crippen LogP contribution >= 0.6 is 0 Å². The van der Waals surface area contributed by atoms with E-state index in [9.17, 15) is 0 Å². The fraction of sp³-hybridized carbons (Fsp3) is 0.250. The highest BCUT2D eigenvalue weighted by Gasteiger charge is 2.09. The first kappa shape index (κ1) is 3.79. The molecule has 2 rings (SSSR count). The summed E-state index contributed by atoms with van der Waals surface area (Å²) in [5.41, 5.74) is 0.525. The molecular weight excluding hydrogens is 158 g/mol. The molecule has 1 heterocycles. The van der Waals surface area contributed by atoms with Gasteiger partial charge in [0.15, 0.2) is 0 Å². The molecule has 0 aromatic heterocycles. The molecule has 2 atom stereocenters. The number of hydrogen-bond acceptors (Lipinski definition) is 1. The summed E-state index contributed by atoms with van der Waals surface area (Å²) in [4.78, 5) is 4.02. The first-order chi connectivity index (χ1) is 8.84. The summed E-state index contributed by atoms with van der Waals surface area (Å²) in [6.45, 7) is 1.73. The van der Waals surface area contributed by atoms with Crippen LogP contribution in [-0.4, -0.2) is 5.71 Å². The Hall–Kier alpha value is -1.37. The molecule has 0 bridgehead atoms. The molecular formula is C12H13N. The zero-order chi connectivity index (χ0) is 14.3. The average molecular weight is 177 g/mol. The zero-order valence-corrected chi connectivity index (χ0v) is 7.26. The van der Waals surface area contributed by atoms with Crippen LogP contribution in [0.3, 0.4) is 0 Å². The Morgan fingerprint density at radius 1 is 1.54 bits per heavy atom. The number of hydrogen-bond donors (Lipinski definition) is 0. The summed E-state index contributed by atoms with van der Waals surface area (Å²) < 4.78 is 46.3. The quantitative estimate of drug-likeness (QED) is 0.625. The number of nitrogens with zero attached hydrogens (tertiary/aromatic N) is 1. The van der Waals surface area contributed by atoms with Crippen LogP contribution in [0.15, 0.2) is 47.5 Å². The van der Waals surface area contributed by atoms with Gasteiger partial charge in [0.05, 0.1) is 6.85 Å². The van der Waals surface area contributed by atoms with Crippen LogP contribution < -0.4 is 0 Å². The average Bonchev–Trinajstić information content (AvgIpc) is 2.39. The molecule has 0 amide bonds. The summed E-state index contributed by atoms with van der Waals surface area (Å²) in [5.74, 6) is -0.342. The Bertz CT molecular complexity index is 592. The van der Waals surface area contributed by atoms with Crippen molar-refractivity contribution >= 4 is 5.71 Å².